The molecule has 3 aromatic carbocycles. The van der Waals surface area contributed by atoms with Crippen LogP contribution in [-0.4, -0.2) is 39.2 Å². The third-order valence-electron chi connectivity index (χ3n) is 5.71. The number of carbonyl (C=O) groups excluding carboxylic acids is 1. The van der Waals surface area contributed by atoms with Gasteiger partial charge in [-0.25, -0.2) is 0 Å². The van der Waals surface area contributed by atoms with Crippen LogP contribution >= 0.6 is 0 Å². The van der Waals surface area contributed by atoms with E-state index in [1.807, 2.05) is 66.7 Å². The number of rotatable bonds is 10. The summed E-state index contributed by atoms with van der Waals surface area (Å²) in [5.74, 6) is 2.26. The summed E-state index contributed by atoms with van der Waals surface area (Å²) in [6.45, 7) is 0. The van der Waals surface area contributed by atoms with Crippen molar-refractivity contribution >= 4 is 34.5 Å². The molecule has 0 saturated carbocycles. The Hall–Kier alpha value is -4.65. The van der Waals surface area contributed by atoms with Crippen LogP contribution in [0.15, 0.2) is 73.1 Å². The number of ketones is 1. The number of aromatic nitrogens is 1. The van der Waals surface area contributed by atoms with Gasteiger partial charge in [0.2, 0.25) is 5.75 Å². The fraction of sp³-hybridized carbons (Fsp3) is 0.138. The Bertz CT molecular complexity index is 1410. The first-order chi connectivity index (χ1) is 17.6. The number of hydrogen-bond acceptors (Lipinski definition) is 6. The molecule has 0 unspecified atom stereocenters. The zero-order valence-corrected chi connectivity index (χ0v) is 20.6. The first-order valence-electron chi connectivity index (χ1n) is 11.3. The Balaban J connectivity index is 1.53. The quantitative estimate of drug-likeness (QED) is 0.159. The maximum Gasteiger partial charge on any atom is 0.203 e. The third-order valence-corrected chi connectivity index (χ3v) is 5.71. The number of aromatic amines is 1. The van der Waals surface area contributed by atoms with Crippen molar-refractivity contribution in [1.29, 1.82) is 0 Å². The van der Waals surface area contributed by atoms with E-state index in [0.29, 0.717) is 28.6 Å². The lowest BCUT2D eigenvalue weighted by atomic mass is 10.1. The van der Waals surface area contributed by atoms with E-state index in [1.54, 1.807) is 40.8 Å². The van der Waals surface area contributed by atoms with Crippen molar-refractivity contribution in [3.8, 4) is 23.0 Å². The zero-order valence-electron chi connectivity index (χ0n) is 20.6. The van der Waals surface area contributed by atoms with Gasteiger partial charge in [-0.15, -0.1) is 0 Å². The van der Waals surface area contributed by atoms with Gasteiger partial charge in [0.25, 0.3) is 0 Å². The van der Waals surface area contributed by atoms with Crippen molar-refractivity contribution in [3.63, 3.8) is 0 Å². The first-order valence-corrected chi connectivity index (χ1v) is 11.3. The summed E-state index contributed by atoms with van der Waals surface area (Å²) in [6.07, 6.45) is 8.77. The number of allylic oxidation sites excluding steroid dienone is 1. The smallest absolute Gasteiger partial charge is 0.203 e. The van der Waals surface area contributed by atoms with E-state index in [-0.39, 0.29) is 5.78 Å². The van der Waals surface area contributed by atoms with Crippen molar-refractivity contribution < 1.29 is 23.7 Å². The fourth-order valence-corrected chi connectivity index (χ4v) is 3.90. The molecule has 0 aliphatic heterocycles. The van der Waals surface area contributed by atoms with Crippen molar-refractivity contribution in [2.24, 2.45) is 0 Å². The van der Waals surface area contributed by atoms with Gasteiger partial charge in [-0.05, 0) is 41.5 Å². The highest BCUT2D eigenvalue weighted by Gasteiger charge is 2.12. The molecule has 7 nitrogen and oxygen atoms in total. The van der Waals surface area contributed by atoms with Crippen LogP contribution in [0.1, 0.15) is 21.5 Å². The summed E-state index contributed by atoms with van der Waals surface area (Å²) in [5, 5.41) is 4.06. The number of hydrogen-bond donors (Lipinski definition) is 2. The van der Waals surface area contributed by atoms with Crippen LogP contribution in [-0.2, 0) is 0 Å². The van der Waals surface area contributed by atoms with Gasteiger partial charge in [0.1, 0.15) is 5.75 Å². The monoisotopic (exact) mass is 484 g/mol. The largest absolute Gasteiger partial charge is 0.495 e. The van der Waals surface area contributed by atoms with Crippen LogP contribution < -0.4 is 24.3 Å². The Kier molecular flexibility index (Phi) is 7.60. The second kappa shape index (κ2) is 11.2. The molecule has 36 heavy (non-hydrogen) atoms. The van der Waals surface area contributed by atoms with E-state index in [0.717, 1.165) is 27.7 Å². The number of H-pyrrole nitrogens is 1. The molecule has 0 spiro atoms. The Morgan fingerprint density at radius 1 is 0.806 bits per heavy atom. The summed E-state index contributed by atoms with van der Waals surface area (Å²) in [6, 6.07) is 17.2. The van der Waals surface area contributed by atoms with Gasteiger partial charge in [-0.3, -0.25) is 4.79 Å². The number of benzene rings is 3. The number of anilines is 1. The van der Waals surface area contributed by atoms with Gasteiger partial charge in [0.05, 0.1) is 34.1 Å². The van der Waals surface area contributed by atoms with Crippen LogP contribution in [0.25, 0.3) is 23.1 Å². The summed E-state index contributed by atoms with van der Waals surface area (Å²) in [5.41, 5.74) is 4.10. The van der Waals surface area contributed by atoms with Crippen LogP contribution in [0.4, 0.5) is 5.69 Å². The third kappa shape index (κ3) is 5.20. The second-order valence-electron chi connectivity index (χ2n) is 7.84. The van der Waals surface area contributed by atoms with Crippen molar-refractivity contribution in [2.75, 3.05) is 33.8 Å². The molecule has 0 saturated heterocycles. The van der Waals surface area contributed by atoms with Gasteiger partial charge in [-0.1, -0.05) is 36.4 Å². The second-order valence-corrected chi connectivity index (χ2v) is 7.84. The molecule has 1 heterocycles. The van der Waals surface area contributed by atoms with Crippen LogP contribution in [0.2, 0.25) is 0 Å². The molecule has 4 aromatic rings. The minimum atomic E-state index is -0.0997. The van der Waals surface area contributed by atoms with Crippen molar-refractivity contribution in [1.82, 2.24) is 4.98 Å². The van der Waals surface area contributed by atoms with E-state index < -0.39 is 0 Å². The molecule has 0 radical (unpaired) electrons. The van der Waals surface area contributed by atoms with Gasteiger partial charge in [-0.2, -0.15) is 0 Å². The lowest BCUT2D eigenvalue weighted by Gasteiger charge is -2.13. The minimum Gasteiger partial charge on any atom is -0.495 e. The van der Waals surface area contributed by atoms with E-state index in [2.05, 4.69) is 10.3 Å². The van der Waals surface area contributed by atoms with Crippen LogP contribution in [0.3, 0.4) is 0 Å². The lowest BCUT2D eigenvalue weighted by molar-refractivity contribution is 0.104. The summed E-state index contributed by atoms with van der Waals surface area (Å²) in [4.78, 5) is 15.8. The van der Waals surface area contributed by atoms with Gasteiger partial charge >= 0.3 is 0 Å². The molecule has 4 rings (SSSR count). The minimum absolute atomic E-state index is 0.0997. The fourth-order valence-electron chi connectivity index (χ4n) is 3.90. The van der Waals surface area contributed by atoms with Crippen LogP contribution in [0.5, 0.6) is 23.0 Å². The number of fused-ring (bicyclic) bond motifs is 1. The van der Waals surface area contributed by atoms with Gasteiger partial charge < -0.3 is 29.2 Å². The molecule has 7 heteroatoms. The number of para-hydroxylation sites is 1. The highest BCUT2D eigenvalue weighted by atomic mass is 16.5. The average Bonchev–Trinajstić information content (AvgIpc) is 3.35. The van der Waals surface area contributed by atoms with Crippen LogP contribution in [0, 0.1) is 0 Å². The molecule has 0 bridgehead atoms. The normalized spacial score (nSPS) is 11.2. The molecule has 2 N–H and O–H groups in total. The molecule has 1 aromatic heterocycles. The number of methoxy groups -OCH3 is 4. The Labute approximate surface area is 210 Å². The molecule has 0 aliphatic rings. The number of nitrogens with one attached hydrogen (secondary N) is 2. The Morgan fingerprint density at radius 3 is 2.19 bits per heavy atom. The van der Waals surface area contributed by atoms with Gasteiger partial charge in [0.15, 0.2) is 17.3 Å². The van der Waals surface area contributed by atoms with Gasteiger partial charge in [0, 0.05) is 34.9 Å². The maximum absolute atomic E-state index is 12.7. The SMILES string of the molecule is COc1ccc(C=Cc2cc(OC)c(OC)c(OC)c2)cc1NC=CC(=O)c1c[nH]c2ccccc12. The summed E-state index contributed by atoms with van der Waals surface area (Å²) in [7, 11) is 6.35. The molecule has 184 valence electrons. The molecular weight excluding hydrogens is 456 g/mol. The maximum atomic E-state index is 12.7. The zero-order chi connectivity index (χ0) is 25.5. The van der Waals surface area contributed by atoms with E-state index in [1.165, 1.54) is 6.08 Å². The molecule has 0 aliphatic carbocycles. The Morgan fingerprint density at radius 2 is 1.50 bits per heavy atom. The molecular formula is C29H28N2O5. The molecule has 0 fully saturated rings. The average molecular weight is 485 g/mol. The highest BCUT2D eigenvalue weighted by Crippen LogP contribution is 2.38. The predicted molar refractivity (Wildman–Crippen MR) is 143 cm³/mol. The van der Waals surface area contributed by atoms with Crippen molar-refractivity contribution in [2.45, 2.75) is 0 Å². The lowest BCUT2D eigenvalue weighted by Crippen LogP contribution is -1.97. The molecule has 0 atom stereocenters. The summed E-state index contributed by atoms with van der Waals surface area (Å²) < 4.78 is 21.7. The van der Waals surface area contributed by atoms with E-state index >= 15 is 0 Å². The first kappa shape index (κ1) is 24.5. The standard InChI is InChI=1S/C29H28N2O5/c1-33-26-12-11-19(9-10-20-16-27(34-2)29(36-4)28(17-20)35-3)15-24(26)30-14-13-25(32)22-18-31-23-8-6-5-7-21(22)23/h5-18,30-31H,1-4H3. The predicted octanol–water partition coefficient (Wildman–Crippen LogP) is 6.18. The van der Waals surface area contributed by atoms with E-state index in [4.69, 9.17) is 18.9 Å². The number of carbonyl (C=O) groups is 1. The van der Waals surface area contributed by atoms with E-state index in [9.17, 15) is 4.79 Å². The summed E-state index contributed by atoms with van der Waals surface area (Å²) >= 11 is 0. The van der Waals surface area contributed by atoms with Crippen molar-refractivity contribution in [3.05, 3.63) is 89.8 Å². The molecule has 0 amide bonds. The number of ether oxygens (including phenoxy) is 4. The highest BCUT2D eigenvalue weighted by molar-refractivity contribution is 6.13. The topological polar surface area (TPSA) is 81.8 Å².